The van der Waals surface area contributed by atoms with Crippen LogP contribution in [0.4, 0.5) is 10.1 Å². The number of benzene rings is 2. The minimum absolute atomic E-state index is 0.0972. The number of halogens is 2. The topological polar surface area (TPSA) is 45.7 Å². The monoisotopic (exact) mass is 335 g/mol. The van der Waals surface area contributed by atoms with E-state index < -0.39 is 0 Å². The van der Waals surface area contributed by atoms with Crippen LogP contribution in [0.25, 0.3) is 0 Å². The van der Waals surface area contributed by atoms with E-state index in [-0.39, 0.29) is 24.3 Å². The summed E-state index contributed by atoms with van der Waals surface area (Å²) in [4.78, 5) is 12.1. The molecule has 3 nitrogen and oxygen atoms in total. The van der Waals surface area contributed by atoms with E-state index in [1.165, 1.54) is 12.1 Å². The quantitative estimate of drug-likeness (QED) is 0.835. The lowest BCUT2D eigenvalue weighted by Gasteiger charge is -2.19. The minimum Gasteiger partial charge on any atom is -0.332 e. The fraction of sp³-hybridized carbons (Fsp3) is 0.278. The van der Waals surface area contributed by atoms with E-state index >= 15 is 0 Å². The van der Waals surface area contributed by atoms with Crippen molar-refractivity contribution in [3.8, 4) is 0 Å². The van der Waals surface area contributed by atoms with Gasteiger partial charge in [-0.05, 0) is 30.3 Å². The standard InChI is InChI=1S/C18H20ClFN2O/c1-12(2)18(13-6-8-15(20)9-7-13)21-11-17(23)22-16-5-3-4-14(19)10-16/h3-10,12,18,21H,11H2,1-2H3,(H,22,23)/p+1/t18-/m0/s1. The predicted octanol–water partition coefficient (Wildman–Crippen LogP) is 3.38. The first kappa shape index (κ1) is 17.4. The third-order valence-corrected chi connectivity index (χ3v) is 3.87. The Morgan fingerprint density at radius 1 is 1.22 bits per heavy atom. The molecule has 1 atom stereocenters. The number of nitrogens with one attached hydrogen (secondary N) is 1. The summed E-state index contributed by atoms with van der Waals surface area (Å²) in [6, 6.07) is 13.6. The molecule has 0 aliphatic carbocycles. The number of carbonyl (C=O) groups is 1. The van der Waals surface area contributed by atoms with Crippen LogP contribution in [0.1, 0.15) is 25.5 Å². The Morgan fingerprint density at radius 2 is 1.91 bits per heavy atom. The molecule has 0 heterocycles. The average molecular weight is 336 g/mol. The molecule has 23 heavy (non-hydrogen) atoms. The molecule has 1 amide bonds. The van der Waals surface area contributed by atoms with E-state index in [0.717, 1.165) is 5.56 Å². The van der Waals surface area contributed by atoms with E-state index in [9.17, 15) is 9.18 Å². The second-order valence-corrected chi connectivity index (χ2v) is 6.26. The Bertz CT molecular complexity index is 658. The van der Waals surface area contributed by atoms with E-state index in [0.29, 0.717) is 16.6 Å². The summed E-state index contributed by atoms with van der Waals surface area (Å²) in [7, 11) is 0. The van der Waals surface area contributed by atoms with Crippen LogP contribution >= 0.6 is 11.6 Å². The maximum Gasteiger partial charge on any atom is 0.279 e. The molecule has 0 radical (unpaired) electrons. The second-order valence-electron chi connectivity index (χ2n) is 5.82. The fourth-order valence-electron chi connectivity index (χ4n) is 2.49. The van der Waals surface area contributed by atoms with Gasteiger partial charge in [0.25, 0.3) is 5.91 Å². The summed E-state index contributed by atoms with van der Waals surface area (Å²) in [5.41, 5.74) is 1.69. The van der Waals surface area contributed by atoms with Crippen molar-refractivity contribution >= 4 is 23.2 Å². The van der Waals surface area contributed by atoms with Crippen LogP contribution in [0.5, 0.6) is 0 Å². The van der Waals surface area contributed by atoms with Gasteiger partial charge in [0, 0.05) is 22.2 Å². The lowest BCUT2D eigenvalue weighted by atomic mass is 9.96. The molecular formula is C18H21ClFN2O+. The normalized spacial score (nSPS) is 12.2. The van der Waals surface area contributed by atoms with Crippen LogP contribution in [-0.2, 0) is 4.79 Å². The summed E-state index contributed by atoms with van der Waals surface area (Å²) < 4.78 is 13.1. The number of amides is 1. The first-order valence-electron chi connectivity index (χ1n) is 7.60. The molecule has 2 rings (SSSR count). The number of rotatable bonds is 6. The number of anilines is 1. The van der Waals surface area contributed by atoms with Gasteiger partial charge >= 0.3 is 0 Å². The fourth-order valence-corrected chi connectivity index (χ4v) is 2.68. The zero-order chi connectivity index (χ0) is 16.8. The number of hydrogen-bond donors (Lipinski definition) is 2. The number of hydrogen-bond acceptors (Lipinski definition) is 1. The number of carbonyl (C=O) groups excluding carboxylic acids is 1. The molecule has 0 aliphatic heterocycles. The molecule has 0 saturated carbocycles. The van der Waals surface area contributed by atoms with Crippen molar-refractivity contribution in [2.45, 2.75) is 19.9 Å². The molecule has 3 N–H and O–H groups in total. The summed E-state index contributed by atoms with van der Waals surface area (Å²) in [5, 5.41) is 5.37. The molecule has 0 aromatic heterocycles. The van der Waals surface area contributed by atoms with Crippen molar-refractivity contribution in [2.24, 2.45) is 5.92 Å². The van der Waals surface area contributed by atoms with Gasteiger partial charge in [-0.1, -0.05) is 43.6 Å². The molecule has 2 aromatic rings. The molecule has 2 aromatic carbocycles. The molecule has 0 spiro atoms. The molecule has 0 bridgehead atoms. The second kappa shape index (κ2) is 8.09. The lowest BCUT2D eigenvalue weighted by Crippen LogP contribution is -2.88. The zero-order valence-corrected chi connectivity index (χ0v) is 14.0. The summed E-state index contributed by atoms with van der Waals surface area (Å²) in [6.07, 6.45) is 0. The van der Waals surface area contributed by atoms with Crippen LogP contribution in [0.15, 0.2) is 48.5 Å². The smallest absolute Gasteiger partial charge is 0.279 e. The maximum atomic E-state index is 13.1. The highest BCUT2D eigenvalue weighted by molar-refractivity contribution is 6.30. The molecular weight excluding hydrogens is 315 g/mol. The number of quaternary nitrogens is 1. The SMILES string of the molecule is CC(C)[C@H]([NH2+]CC(=O)Nc1cccc(Cl)c1)c1ccc(F)cc1. The number of nitrogens with two attached hydrogens (primary N) is 1. The molecule has 0 saturated heterocycles. The molecule has 122 valence electrons. The van der Waals surface area contributed by atoms with Gasteiger partial charge in [0.15, 0.2) is 6.54 Å². The van der Waals surface area contributed by atoms with Crippen LogP contribution in [-0.4, -0.2) is 12.5 Å². The summed E-state index contributed by atoms with van der Waals surface area (Å²) in [5.74, 6) is -0.0329. The minimum atomic E-state index is -0.255. The first-order valence-corrected chi connectivity index (χ1v) is 7.97. The van der Waals surface area contributed by atoms with Gasteiger partial charge in [0.05, 0.1) is 0 Å². The first-order chi connectivity index (χ1) is 11.0. The van der Waals surface area contributed by atoms with Crippen molar-refractivity contribution in [2.75, 3.05) is 11.9 Å². The largest absolute Gasteiger partial charge is 0.332 e. The Labute approximate surface area is 140 Å². The highest BCUT2D eigenvalue weighted by atomic mass is 35.5. The molecule has 0 unspecified atom stereocenters. The molecule has 0 aliphatic rings. The van der Waals surface area contributed by atoms with Crippen LogP contribution in [0.2, 0.25) is 5.02 Å². The van der Waals surface area contributed by atoms with Gasteiger partial charge in [0.1, 0.15) is 11.9 Å². The van der Waals surface area contributed by atoms with Crippen LogP contribution < -0.4 is 10.6 Å². The Balaban J connectivity index is 1.96. The third-order valence-electron chi connectivity index (χ3n) is 3.64. The summed E-state index contributed by atoms with van der Waals surface area (Å²) in [6.45, 7) is 4.45. The van der Waals surface area contributed by atoms with Gasteiger partial charge < -0.3 is 10.6 Å². The van der Waals surface area contributed by atoms with Gasteiger partial charge in [0.2, 0.25) is 0 Å². The van der Waals surface area contributed by atoms with E-state index in [2.05, 4.69) is 19.2 Å². The highest BCUT2D eigenvalue weighted by Gasteiger charge is 2.20. The van der Waals surface area contributed by atoms with Gasteiger partial charge in [-0.25, -0.2) is 4.39 Å². The van der Waals surface area contributed by atoms with Gasteiger partial charge in [-0.2, -0.15) is 0 Å². The summed E-state index contributed by atoms with van der Waals surface area (Å²) >= 11 is 5.90. The highest BCUT2D eigenvalue weighted by Crippen LogP contribution is 2.18. The predicted molar refractivity (Wildman–Crippen MR) is 90.9 cm³/mol. The molecule has 5 heteroatoms. The van der Waals surface area contributed by atoms with Crippen molar-refractivity contribution in [1.82, 2.24) is 0 Å². The molecule has 0 fully saturated rings. The van der Waals surface area contributed by atoms with E-state index in [1.807, 2.05) is 5.32 Å². The van der Waals surface area contributed by atoms with Crippen molar-refractivity contribution in [3.63, 3.8) is 0 Å². The van der Waals surface area contributed by atoms with E-state index in [1.54, 1.807) is 36.4 Å². The third kappa shape index (κ3) is 5.34. The van der Waals surface area contributed by atoms with Gasteiger partial charge in [-0.15, -0.1) is 0 Å². The van der Waals surface area contributed by atoms with Crippen molar-refractivity contribution in [1.29, 1.82) is 0 Å². The van der Waals surface area contributed by atoms with Crippen molar-refractivity contribution in [3.05, 3.63) is 64.9 Å². The van der Waals surface area contributed by atoms with Crippen LogP contribution in [0, 0.1) is 11.7 Å². The Hall–Kier alpha value is -1.91. The lowest BCUT2D eigenvalue weighted by molar-refractivity contribution is -0.692. The Morgan fingerprint density at radius 3 is 2.52 bits per heavy atom. The Kier molecular flexibility index (Phi) is 6.13. The van der Waals surface area contributed by atoms with Crippen molar-refractivity contribution < 1.29 is 14.5 Å². The zero-order valence-electron chi connectivity index (χ0n) is 13.2. The maximum absolute atomic E-state index is 13.1. The van der Waals surface area contributed by atoms with Gasteiger partial charge in [-0.3, -0.25) is 4.79 Å². The van der Waals surface area contributed by atoms with E-state index in [4.69, 9.17) is 11.6 Å². The average Bonchev–Trinajstić information content (AvgIpc) is 2.49. The van der Waals surface area contributed by atoms with Crippen LogP contribution in [0.3, 0.4) is 0 Å².